The first kappa shape index (κ1) is 12.3. The molecule has 2 aromatic heterocycles. The number of thiazole rings is 1. The second kappa shape index (κ2) is 5.03. The number of ether oxygens (including phenoxy) is 1. The molecule has 9 heteroatoms. The van der Waals surface area contributed by atoms with Crippen LogP contribution in [0.25, 0.3) is 0 Å². The van der Waals surface area contributed by atoms with Gasteiger partial charge in [0.1, 0.15) is 0 Å². The van der Waals surface area contributed by atoms with Gasteiger partial charge in [0, 0.05) is 18.7 Å². The predicted octanol–water partition coefficient (Wildman–Crippen LogP) is 2.43. The second-order valence-electron chi connectivity index (χ2n) is 2.78. The fraction of sp³-hybridized carbons (Fsp3) is 0.250. The van der Waals surface area contributed by atoms with Crippen LogP contribution in [0.3, 0.4) is 0 Å². The zero-order chi connectivity index (χ0) is 12.4. The Morgan fingerprint density at radius 3 is 2.88 bits per heavy atom. The van der Waals surface area contributed by atoms with Gasteiger partial charge in [-0.05, 0) is 0 Å². The van der Waals surface area contributed by atoms with Crippen LogP contribution in [0, 0.1) is 6.92 Å². The van der Waals surface area contributed by atoms with Gasteiger partial charge in [-0.25, -0.2) is 9.78 Å². The number of carbonyl (C=O) groups is 1. The normalized spacial score (nSPS) is 10.5. The third kappa shape index (κ3) is 2.76. The molecule has 6 nitrogen and oxygen atoms in total. The van der Waals surface area contributed by atoms with Gasteiger partial charge in [0.05, 0.1) is 7.11 Å². The van der Waals surface area contributed by atoms with E-state index in [2.05, 4.69) is 19.9 Å². The Labute approximate surface area is 109 Å². The lowest BCUT2D eigenvalue weighted by Gasteiger charge is -1.92. The number of hydrogen-bond acceptors (Lipinski definition) is 8. The lowest BCUT2D eigenvalue weighted by atomic mass is 10.6. The van der Waals surface area contributed by atoms with Crippen molar-refractivity contribution in [1.29, 1.82) is 0 Å². The molecule has 0 saturated heterocycles. The molecule has 2 aromatic rings. The highest BCUT2D eigenvalue weighted by molar-refractivity contribution is 8.00. The summed E-state index contributed by atoms with van der Waals surface area (Å²) < 4.78 is 10.3. The van der Waals surface area contributed by atoms with Crippen molar-refractivity contribution in [2.75, 3.05) is 7.11 Å². The highest BCUT2D eigenvalue weighted by Gasteiger charge is 2.19. The van der Waals surface area contributed by atoms with Crippen LogP contribution in [0.1, 0.15) is 15.6 Å². The Morgan fingerprint density at radius 1 is 1.53 bits per heavy atom. The van der Waals surface area contributed by atoms with Gasteiger partial charge >= 0.3 is 5.97 Å². The molecule has 0 unspecified atom stereocenters. The fourth-order valence-corrected chi connectivity index (χ4v) is 3.09. The van der Waals surface area contributed by atoms with E-state index in [0.29, 0.717) is 15.5 Å². The largest absolute Gasteiger partial charge is 0.465 e. The summed E-state index contributed by atoms with van der Waals surface area (Å²) in [6.45, 7) is 1.69. The van der Waals surface area contributed by atoms with Crippen LogP contribution in [0.15, 0.2) is 14.0 Å². The topological polar surface area (TPSA) is 78.1 Å². The lowest BCUT2D eigenvalue weighted by Crippen LogP contribution is -1.98. The number of aromatic nitrogens is 3. The van der Waals surface area contributed by atoms with Crippen molar-refractivity contribution in [1.82, 2.24) is 15.2 Å². The number of nitrogens with zero attached hydrogens (tertiary/aromatic N) is 3. The molecule has 0 saturated carbocycles. The van der Waals surface area contributed by atoms with Crippen LogP contribution >= 0.6 is 34.7 Å². The molecule has 0 spiro atoms. The fourth-order valence-electron chi connectivity index (χ4n) is 0.940. The number of halogens is 1. The van der Waals surface area contributed by atoms with E-state index in [0.717, 1.165) is 23.1 Å². The molecule has 0 aliphatic carbocycles. The van der Waals surface area contributed by atoms with Gasteiger partial charge in [0.2, 0.25) is 5.89 Å². The first-order valence-electron chi connectivity index (χ1n) is 4.32. The van der Waals surface area contributed by atoms with E-state index in [-0.39, 0.29) is 10.0 Å². The van der Waals surface area contributed by atoms with E-state index >= 15 is 0 Å². The highest BCUT2D eigenvalue weighted by atomic mass is 35.5. The molecule has 0 fully saturated rings. The maximum absolute atomic E-state index is 11.3. The van der Waals surface area contributed by atoms with Gasteiger partial charge in [-0.15, -0.1) is 10.2 Å². The van der Waals surface area contributed by atoms with Gasteiger partial charge in [0.25, 0.3) is 5.22 Å². The first-order valence-corrected chi connectivity index (χ1v) is 6.34. The summed E-state index contributed by atoms with van der Waals surface area (Å²) in [6.07, 6.45) is 0. The van der Waals surface area contributed by atoms with Gasteiger partial charge in [0.15, 0.2) is 14.4 Å². The SMILES string of the molecule is COC(=O)c1sc(Sc2nnc(C)o2)nc1Cl. The minimum absolute atomic E-state index is 0.112. The summed E-state index contributed by atoms with van der Waals surface area (Å²) in [6, 6.07) is 0. The number of aryl methyl sites for hydroxylation is 1. The van der Waals surface area contributed by atoms with E-state index in [4.69, 9.17) is 16.0 Å². The van der Waals surface area contributed by atoms with Crippen molar-refractivity contribution in [2.45, 2.75) is 16.5 Å². The average Bonchev–Trinajstić information content (AvgIpc) is 2.85. The summed E-state index contributed by atoms with van der Waals surface area (Å²) in [4.78, 5) is 15.6. The van der Waals surface area contributed by atoms with Gasteiger partial charge < -0.3 is 9.15 Å². The molecule has 0 aliphatic heterocycles. The minimum atomic E-state index is -0.513. The lowest BCUT2D eigenvalue weighted by molar-refractivity contribution is 0.0606. The molecule has 0 bridgehead atoms. The molecule has 0 aromatic carbocycles. The molecule has 0 atom stereocenters. The zero-order valence-corrected chi connectivity index (χ0v) is 11.1. The monoisotopic (exact) mass is 291 g/mol. The van der Waals surface area contributed by atoms with Crippen molar-refractivity contribution in [3.05, 3.63) is 15.9 Å². The number of hydrogen-bond donors (Lipinski definition) is 0. The third-order valence-electron chi connectivity index (χ3n) is 1.62. The Hall–Kier alpha value is -1.12. The molecule has 0 radical (unpaired) electrons. The van der Waals surface area contributed by atoms with Crippen LogP contribution in [0.4, 0.5) is 0 Å². The van der Waals surface area contributed by atoms with Crippen LogP contribution in [0.2, 0.25) is 5.15 Å². The highest BCUT2D eigenvalue weighted by Crippen LogP contribution is 2.34. The Balaban J connectivity index is 2.20. The van der Waals surface area contributed by atoms with Crippen molar-refractivity contribution in [3.8, 4) is 0 Å². The number of methoxy groups -OCH3 is 1. The van der Waals surface area contributed by atoms with Crippen molar-refractivity contribution in [2.24, 2.45) is 0 Å². The molecule has 0 N–H and O–H groups in total. The third-order valence-corrected chi connectivity index (χ3v) is 3.94. The maximum Gasteiger partial charge on any atom is 0.351 e. The van der Waals surface area contributed by atoms with E-state index in [1.54, 1.807) is 6.92 Å². The van der Waals surface area contributed by atoms with E-state index in [9.17, 15) is 4.79 Å². The van der Waals surface area contributed by atoms with Crippen LogP contribution in [-0.4, -0.2) is 28.3 Å². The molecule has 2 heterocycles. The Bertz CT molecular complexity index is 554. The van der Waals surface area contributed by atoms with Gasteiger partial charge in [-0.1, -0.05) is 22.9 Å². The zero-order valence-electron chi connectivity index (χ0n) is 8.76. The molecule has 90 valence electrons. The van der Waals surface area contributed by atoms with Gasteiger partial charge in [-0.3, -0.25) is 0 Å². The number of carbonyl (C=O) groups excluding carboxylic acids is 1. The second-order valence-corrected chi connectivity index (χ2v) is 5.34. The molecule has 0 aliphatic rings. The summed E-state index contributed by atoms with van der Waals surface area (Å²) in [5, 5.41) is 7.94. The van der Waals surface area contributed by atoms with Crippen molar-refractivity contribution in [3.63, 3.8) is 0 Å². The smallest absolute Gasteiger partial charge is 0.351 e. The summed E-state index contributed by atoms with van der Waals surface area (Å²) >= 11 is 8.07. The molecule has 2 rings (SSSR count). The minimum Gasteiger partial charge on any atom is -0.465 e. The van der Waals surface area contributed by atoms with Crippen LogP contribution in [-0.2, 0) is 4.74 Å². The first-order chi connectivity index (χ1) is 8.10. The summed E-state index contributed by atoms with van der Waals surface area (Å²) in [5.41, 5.74) is 0. The standard InChI is InChI=1S/C8H6ClN3O3S2/c1-3-11-12-7(15-3)17-8-10-5(9)4(16-8)6(13)14-2/h1-2H3. The summed E-state index contributed by atoms with van der Waals surface area (Å²) in [7, 11) is 1.28. The quantitative estimate of drug-likeness (QED) is 0.804. The number of esters is 1. The molecular formula is C8H6ClN3O3S2. The summed E-state index contributed by atoms with van der Waals surface area (Å²) in [5.74, 6) is -0.0515. The van der Waals surface area contributed by atoms with Crippen LogP contribution in [0.5, 0.6) is 0 Å². The van der Waals surface area contributed by atoms with Crippen molar-refractivity contribution >= 4 is 40.7 Å². The van der Waals surface area contributed by atoms with E-state index in [1.165, 1.54) is 7.11 Å². The van der Waals surface area contributed by atoms with Gasteiger partial charge in [-0.2, -0.15) is 0 Å². The molecular weight excluding hydrogens is 286 g/mol. The average molecular weight is 292 g/mol. The Kier molecular flexibility index (Phi) is 3.65. The van der Waals surface area contributed by atoms with Crippen molar-refractivity contribution < 1.29 is 13.9 Å². The maximum atomic E-state index is 11.3. The van der Waals surface area contributed by atoms with E-state index < -0.39 is 5.97 Å². The van der Waals surface area contributed by atoms with E-state index in [1.807, 2.05) is 0 Å². The molecule has 17 heavy (non-hydrogen) atoms. The van der Waals surface area contributed by atoms with Crippen LogP contribution < -0.4 is 0 Å². The molecule has 0 amide bonds. The Morgan fingerprint density at radius 2 is 2.29 bits per heavy atom. The number of rotatable bonds is 3. The predicted molar refractivity (Wildman–Crippen MR) is 61.6 cm³/mol.